The largest absolute Gasteiger partial charge is 0.479 e. The van der Waals surface area contributed by atoms with Crippen LogP contribution in [0.3, 0.4) is 0 Å². The van der Waals surface area contributed by atoms with Crippen molar-refractivity contribution in [1.29, 1.82) is 0 Å². The van der Waals surface area contributed by atoms with Crippen LogP contribution in [0.15, 0.2) is 0 Å². The maximum Gasteiger partial charge on any atom is 0.336 e. The first-order valence-corrected chi connectivity index (χ1v) is 6.76. The van der Waals surface area contributed by atoms with E-state index in [1.54, 1.807) is 4.90 Å². The highest BCUT2D eigenvalue weighted by molar-refractivity contribution is 5.79. The normalized spacial score (nSPS) is 19.8. The van der Waals surface area contributed by atoms with Crippen molar-refractivity contribution < 1.29 is 19.4 Å². The summed E-state index contributed by atoms with van der Waals surface area (Å²) in [7, 11) is 1.41. The SMILES string of the molecule is CCC(C)CNC(=O)N1CCC(OC)(C(=O)O)CC1. The number of nitrogens with zero attached hydrogens (tertiary/aromatic N) is 1. The molecule has 6 heteroatoms. The molecular weight excluding hydrogens is 248 g/mol. The van der Waals surface area contributed by atoms with E-state index < -0.39 is 11.6 Å². The smallest absolute Gasteiger partial charge is 0.336 e. The number of likely N-dealkylation sites (tertiary alicyclic amines) is 1. The molecule has 1 aliphatic rings. The number of rotatable bonds is 5. The average molecular weight is 272 g/mol. The summed E-state index contributed by atoms with van der Waals surface area (Å²) in [4.78, 5) is 24.8. The first-order chi connectivity index (χ1) is 8.95. The lowest BCUT2D eigenvalue weighted by molar-refractivity contribution is -0.167. The third kappa shape index (κ3) is 3.83. The highest BCUT2D eigenvalue weighted by Gasteiger charge is 2.42. The lowest BCUT2D eigenvalue weighted by atomic mass is 9.91. The Kier molecular flexibility index (Phi) is 5.60. The Balaban J connectivity index is 2.45. The topological polar surface area (TPSA) is 78.9 Å². The summed E-state index contributed by atoms with van der Waals surface area (Å²) in [6.07, 6.45) is 1.68. The molecule has 1 unspecified atom stereocenters. The van der Waals surface area contributed by atoms with Gasteiger partial charge >= 0.3 is 12.0 Å². The molecule has 2 N–H and O–H groups in total. The van der Waals surface area contributed by atoms with Crippen LogP contribution < -0.4 is 5.32 Å². The van der Waals surface area contributed by atoms with E-state index in [2.05, 4.69) is 19.2 Å². The minimum atomic E-state index is -1.13. The molecule has 1 saturated heterocycles. The molecule has 0 aromatic rings. The van der Waals surface area contributed by atoms with Crippen molar-refractivity contribution in [3.05, 3.63) is 0 Å². The maximum absolute atomic E-state index is 11.9. The summed E-state index contributed by atoms with van der Waals surface area (Å²) >= 11 is 0. The summed E-state index contributed by atoms with van der Waals surface area (Å²) in [5.74, 6) is -0.500. The molecule has 1 atom stereocenters. The van der Waals surface area contributed by atoms with Crippen LogP contribution in [0.2, 0.25) is 0 Å². The van der Waals surface area contributed by atoms with Gasteiger partial charge in [-0.1, -0.05) is 20.3 Å². The molecule has 6 nitrogen and oxygen atoms in total. The molecule has 19 heavy (non-hydrogen) atoms. The second-order valence-corrected chi connectivity index (χ2v) is 5.19. The number of hydrogen-bond acceptors (Lipinski definition) is 3. The third-order valence-electron chi connectivity index (χ3n) is 3.94. The minimum Gasteiger partial charge on any atom is -0.479 e. The molecule has 0 saturated carbocycles. The number of hydrogen-bond donors (Lipinski definition) is 2. The molecule has 0 spiro atoms. The van der Waals surface area contributed by atoms with Gasteiger partial charge in [-0.2, -0.15) is 0 Å². The predicted octanol–water partition coefficient (Wildman–Crippen LogP) is 1.31. The Bertz CT molecular complexity index is 325. The van der Waals surface area contributed by atoms with Gasteiger partial charge in [0.2, 0.25) is 0 Å². The van der Waals surface area contributed by atoms with Crippen molar-refractivity contribution in [2.45, 2.75) is 38.7 Å². The van der Waals surface area contributed by atoms with E-state index in [0.29, 0.717) is 38.4 Å². The van der Waals surface area contributed by atoms with E-state index >= 15 is 0 Å². The summed E-state index contributed by atoms with van der Waals surface area (Å²) < 4.78 is 5.13. The summed E-state index contributed by atoms with van der Waals surface area (Å²) in [6.45, 7) is 5.63. The first-order valence-electron chi connectivity index (χ1n) is 6.76. The number of nitrogens with one attached hydrogen (secondary N) is 1. The Morgan fingerprint density at radius 2 is 2.00 bits per heavy atom. The Morgan fingerprint density at radius 1 is 1.42 bits per heavy atom. The molecule has 0 aromatic carbocycles. The van der Waals surface area contributed by atoms with Gasteiger partial charge < -0.3 is 20.1 Å². The van der Waals surface area contributed by atoms with Crippen LogP contribution >= 0.6 is 0 Å². The lowest BCUT2D eigenvalue weighted by Gasteiger charge is -2.37. The number of urea groups is 1. The van der Waals surface area contributed by atoms with Crippen molar-refractivity contribution in [3.8, 4) is 0 Å². The molecule has 1 rings (SSSR count). The summed E-state index contributed by atoms with van der Waals surface area (Å²) in [6, 6.07) is -0.115. The standard InChI is InChI=1S/C13H24N2O4/c1-4-10(2)9-14-12(18)15-7-5-13(19-3,6-8-15)11(16)17/h10H,4-9H2,1-3H3,(H,14,18)(H,16,17). The van der Waals surface area contributed by atoms with Gasteiger partial charge in [0.1, 0.15) is 0 Å². The van der Waals surface area contributed by atoms with Crippen molar-refractivity contribution in [2.24, 2.45) is 5.92 Å². The van der Waals surface area contributed by atoms with Gasteiger partial charge in [0.25, 0.3) is 0 Å². The number of aliphatic carboxylic acids is 1. The number of carboxylic acid groups (broad SMARTS) is 1. The van der Waals surface area contributed by atoms with Crippen LogP contribution in [0.4, 0.5) is 4.79 Å². The van der Waals surface area contributed by atoms with Crippen molar-refractivity contribution in [3.63, 3.8) is 0 Å². The molecule has 2 amide bonds. The average Bonchev–Trinajstić information content (AvgIpc) is 2.44. The highest BCUT2D eigenvalue weighted by atomic mass is 16.5. The molecular formula is C13H24N2O4. The number of carbonyl (C=O) groups is 2. The number of carboxylic acids is 1. The maximum atomic E-state index is 11.9. The van der Waals surface area contributed by atoms with E-state index in [9.17, 15) is 14.7 Å². The molecule has 110 valence electrons. The van der Waals surface area contributed by atoms with Gasteiger partial charge in [0, 0.05) is 39.6 Å². The molecule has 0 radical (unpaired) electrons. The van der Waals surface area contributed by atoms with Crippen LogP contribution in [0.5, 0.6) is 0 Å². The van der Waals surface area contributed by atoms with Crippen LogP contribution in [0, 0.1) is 5.92 Å². The zero-order valence-electron chi connectivity index (χ0n) is 11.9. The monoisotopic (exact) mass is 272 g/mol. The van der Waals surface area contributed by atoms with Crippen LogP contribution in [-0.2, 0) is 9.53 Å². The quantitative estimate of drug-likeness (QED) is 0.791. The van der Waals surface area contributed by atoms with Crippen LogP contribution in [0.1, 0.15) is 33.1 Å². The Morgan fingerprint density at radius 3 is 2.42 bits per heavy atom. The summed E-state index contributed by atoms with van der Waals surface area (Å²) in [5, 5.41) is 12.1. The predicted molar refractivity (Wildman–Crippen MR) is 71.0 cm³/mol. The lowest BCUT2D eigenvalue weighted by Crippen LogP contribution is -2.54. The fourth-order valence-electron chi connectivity index (χ4n) is 2.09. The molecule has 1 heterocycles. The first kappa shape index (κ1) is 15.8. The second-order valence-electron chi connectivity index (χ2n) is 5.19. The second kappa shape index (κ2) is 6.75. The zero-order valence-corrected chi connectivity index (χ0v) is 11.9. The minimum absolute atomic E-state index is 0.115. The molecule has 0 aromatic heterocycles. The fraction of sp³-hybridized carbons (Fsp3) is 0.846. The number of carbonyl (C=O) groups excluding carboxylic acids is 1. The summed E-state index contributed by atoms with van der Waals surface area (Å²) in [5.41, 5.74) is -1.13. The van der Waals surface area contributed by atoms with Gasteiger partial charge in [-0.3, -0.25) is 0 Å². The van der Waals surface area contributed by atoms with Crippen molar-refractivity contribution >= 4 is 12.0 Å². The van der Waals surface area contributed by atoms with Gasteiger partial charge in [-0.05, 0) is 5.92 Å². The number of piperidine rings is 1. The van der Waals surface area contributed by atoms with E-state index in [1.165, 1.54) is 7.11 Å². The van der Waals surface area contributed by atoms with Crippen molar-refractivity contribution in [1.82, 2.24) is 10.2 Å². The van der Waals surface area contributed by atoms with Gasteiger partial charge in [0.15, 0.2) is 5.60 Å². The zero-order chi connectivity index (χ0) is 14.5. The number of methoxy groups -OCH3 is 1. The molecule has 0 bridgehead atoms. The van der Waals surface area contributed by atoms with Crippen LogP contribution in [0.25, 0.3) is 0 Å². The van der Waals surface area contributed by atoms with E-state index in [0.717, 1.165) is 6.42 Å². The van der Waals surface area contributed by atoms with Crippen LogP contribution in [-0.4, -0.2) is 54.4 Å². The van der Waals surface area contributed by atoms with Gasteiger partial charge in [-0.25, -0.2) is 9.59 Å². The fourth-order valence-corrected chi connectivity index (χ4v) is 2.09. The van der Waals surface area contributed by atoms with Crippen molar-refractivity contribution in [2.75, 3.05) is 26.7 Å². The number of ether oxygens (including phenoxy) is 1. The van der Waals surface area contributed by atoms with E-state index in [1.807, 2.05) is 0 Å². The molecule has 0 aliphatic carbocycles. The Labute approximate surface area is 114 Å². The highest BCUT2D eigenvalue weighted by Crippen LogP contribution is 2.26. The molecule has 1 fully saturated rings. The number of amides is 2. The van der Waals surface area contributed by atoms with E-state index in [-0.39, 0.29) is 6.03 Å². The van der Waals surface area contributed by atoms with Gasteiger partial charge in [0.05, 0.1) is 0 Å². The molecule has 1 aliphatic heterocycles. The Hall–Kier alpha value is -1.30. The van der Waals surface area contributed by atoms with E-state index in [4.69, 9.17) is 4.74 Å². The third-order valence-corrected chi connectivity index (χ3v) is 3.94. The van der Waals surface area contributed by atoms with Gasteiger partial charge in [-0.15, -0.1) is 0 Å².